The fraction of sp³-hybridized carbons (Fsp3) is 0.167. The molecule has 0 saturated carbocycles. The lowest BCUT2D eigenvalue weighted by atomic mass is 9.80. The second kappa shape index (κ2) is 6.09. The largest absolute Gasteiger partial charge is 0.509 e. The van der Waals surface area contributed by atoms with Crippen molar-refractivity contribution >= 4 is 24.5 Å². The molecule has 1 aromatic carbocycles. The number of rotatable bonds is 4. The quantitative estimate of drug-likeness (QED) is 0.364. The molecule has 0 fully saturated rings. The lowest BCUT2D eigenvalue weighted by molar-refractivity contribution is -0.137. The van der Waals surface area contributed by atoms with Crippen molar-refractivity contribution in [1.29, 1.82) is 5.26 Å². The van der Waals surface area contributed by atoms with E-state index in [2.05, 4.69) is 4.74 Å². The number of carbonyl (C=O) groups is 1. The van der Waals surface area contributed by atoms with Gasteiger partial charge in [0.05, 0.1) is 6.61 Å². The Bertz CT molecular complexity index is 529. The zero-order valence-electron chi connectivity index (χ0n) is 10.1. The van der Waals surface area contributed by atoms with Crippen LogP contribution in [0, 0.1) is 11.3 Å². The second-order valence-electron chi connectivity index (χ2n) is 3.63. The van der Waals surface area contributed by atoms with Crippen LogP contribution in [0.1, 0.15) is 12.5 Å². The van der Waals surface area contributed by atoms with Gasteiger partial charge in [-0.15, -0.1) is 5.46 Å². The molecule has 0 aliphatic heterocycles. The van der Waals surface area contributed by atoms with Gasteiger partial charge >= 0.3 is 12.9 Å². The first kappa shape index (κ1) is 14.8. The van der Waals surface area contributed by atoms with Crippen molar-refractivity contribution in [3.05, 3.63) is 35.4 Å². The van der Waals surface area contributed by atoms with Gasteiger partial charge in [0.2, 0.25) is 0 Å². The molecule has 0 unspecified atom stereocenters. The first-order valence-corrected chi connectivity index (χ1v) is 5.47. The summed E-state index contributed by atoms with van der Waals surface area (Å²) < 4.78 is 41.8. The molecule has 0 radical (unpaired) electrons. The molecule has 0 spiro atoms. The minimum Gasteiger partial charge on any atom is -0.462 e. The Kier molecular flexibility index (Phi) is 4.76. The molecule has 0 aliphatic rings. The topological polar surface area (TPSA) is 50.1 Å². The van der Waals surface area contributed by atoms with Crippen LogP contribution in [0.3, 0.4) is 0 Å². The molecule has 0 atom stereocenters. The third kappa shape index (κ3) is 4.18. The summed E-state index contributed by atoms with van der Waals surface area (Å²) >= 11 is 0. The van der Waals surface area contributed by atoms with E-state index < -0.39 is 18.4 Å². The zero-order valence-corrected chi connectivity index (χ0v) is 10.1. The number of ether oxygens (including phenoxy) is 1. The molecule has 7 heteroatoms. The van der Waals surface area contributed by atoms with Crippen LogP contribution < -0.4 is 5.46 Å². The van der Waals surface area contributed by atoms with Gasteiger partial charge in [0.15, 0.2) is 0 Å². The smallest absolute Gasteiger partial charge is 0.462 e. The zero-order chi connectivity index (χ0) is 14.5. The summed E-state index contributed by atoms with van der Waals surface area (Å²) in [5.41, 5.74) is -0.660. The Labute approximate surface area is 108 Å². The van der Waals surface area contributed by atoms with Crippen molar-refractivity contribution < 1.29 is 22.5 Å². The van der Waals surface area contributed by atoms with Crippen molar-refractivity contribution in [2.24, 2.45) is 0 Å². The molecule has 0 bridgehead atoms. The number of nitrogens with zero attached hydrogens (tertiary/aromatic N) is 1. The number of esters is 1. The van der Waals surface area contributed by atoms with Crippen LogP contribution in [-0.2, 0) is 9.53 Å². The molecule has 19 heavy (non-hydrogen) atoms. The van der Waals surface area contributed by atoms with E-state index in [9.17, 15) is 17.7 Å². The van der Waals surface area contributed by atoms with E-state index in [0.717, 1.165) is 12.1 Å². The maximum Gasteiger partial charge on any atom is 0.509 e. The van der Waals surface area contributed by atoms with Gasteiger partial charge in [0.25, 0.3) is 0 Å². The number of benzene rings is 1. The maximum atomic E-state index is 12.4. The monoisotopic (exact) mass is 268 g/mol. The summed E-state index contributed by atoms with van der Waals surface area (Å²) in [6.45, 7) is -3.34. The van der Waals surface area contributed by atoms with Crippen molar-refractivity contribution in [3.63, 3.8) is 0 Å². The summed E-state index contributed by atoms with van der Waals surface area (Å²) in [5, 5.41) is 8.77. The first-order chi connectivity index (χ1) is 8.88. The van der Waals surface area contributed by atoms with Gasteiger partial charge in [-0.05, 0) is 18.6 Å². The van der Waals surface area contributed by atoms with Crippen LogP contribution in [-0.4, -0.2) is 19.6 Å². The third-order valence-electron chi connectivity index (χ3n) is 2.24. The van der Waals surface area contributed by atoms with Gasteiger partial charge < -0.3 is 17.7 Å². The van der Waals surface area contributed by atoms with Gasteiger partial charge in [-0.2, -0.15) is 5.26 Å². The predicted octanol–water partition coefficient (Wildman–Crippen LogP) is 2.21. The molecule has 3 nitrogen and oxygen atoms in total. The lowest BCUT2D eigenvalue weighted by Crippen LogP contribution is -2.33. The summed E-state index contributed by atoms with van der Waals surface area (Å²) in [5.74, 6) is -0.797. The van der Waals surface area contributed by atoms with Gasteiger partial charge in [-0.1, -0.05) is 24.3 Å². The summed E-state index contributed by atoms with van der Waals surface area (Å²) in [4.78, 5) is 11.3. The Balaban J connectivity index is 2.98. The highest BCUT2D eigenvalue weighted by Crippen LogP contribution is 2.12. The van der Waals surface area contributed by atoms with E-state index in [1.165, 1.54) is 18.2 Å². The van der Waals surface area contributed by atoms with Gasteiger partial charge in [-0.3, -0.25) is 0 Å². The molecule has 0 N–H and O–H groups in total. The SMILES string of the molecule is CCOC(=O)/C(C#N)=C/c1ccc([B-](F)(F)F)cc1. The number of carbonyl (C=O) groups excluding carboxylic acids is 1. The predicted molar refractivity (Wildman–Crippen MR) is 65.4 cm³/mol. The standard InChI is InChI=1S/C12H10BF3NO2/c1-2-19-12(18)10(8-17)7-9-3-5-11(6-4-9)13(14,15)16/h3-7H,2H2,1H3/q-1/b10-7+. The highest BCUT2D eigenvalue weighted by molar-refractivity contribution is 6.73. The number of nitriles is 1. The molecular weight excluding hydrogens is 258 g/mol. The molecule has 0 amide bonds. The van der Waals surface area contributed by atoms with Crippen molar-refractivity contribution in [2.75, 3.05) is 6.61 Å². The van der Waals surface area contributed by atoms with E-state index in [1.807, 2.05) is 0 Å². The number of halogens is 3. The first-order valence-electron chi connectivity index (χ1n) is 5.47. The fourth-order valence-electron chi connectivity index (χ4n) is 1.32. The molecule has 1 rings (SSSR count). The van der Waals surface area contributed by atoms with Crippen LogP contribution >= 0.6 is 0 Å². The maximum absolute atomic E-state index is 12.4. The average molecular weight is 268 g/mol. The molecular formula is C12H10BF3NO2-. The van der Waals surface area contributed by atoms with Crippen LogP contribution in [0.15, 0.2) is 29.8 Å². The summed E-state index contributed by atoms with van der Waals surface area (Å²) in [6.07, 6.45) is 1.19. The normalized spacial score (nSPS) is 11.8. The lowest BCUT2D eigenvalue weighted by Gasteiger charge is -2.14. The summed E-state index contributed by atoms with van der Waals surface area (Å²) in [7, 11) is 0. The van der Waals surface area contributed by atoms with Crippen molar-refractivity contribution in [1.82, 2.24) is 0 Å². The van der Waals surface area contributed by atoms with E-state index in [1.54, 1.807) is 13.0 Å². The number of hydrogen-bond donors (Lipinski definition) is 0. The third-order valence-corrected chi connectivity index (χ3v) is 2.24. The molecule has 0 aromatic heterocycles. The highest BCUT2D eigenvalue weighted by Gasteiger charge is 2.24. The van der Waals surface area contributed by atoms with Gasteiger partial charge in [0, 0.05) is 0 Å². The molecule has 0 saturated heterocycles. The van der Waals surface area contributed by atoms with Crippen LogP contribution in [0.25, 0.3) is 6.08 Å². The van der Waals surface area contributed by atoms with E-state index in [4.69, 9.17) is 5.26 Å². The van der Waals surface area contributed by atoms with Crippen LogP contribution in [0.5, 0.6) is 0 Å². The van der Waals surface area contributed by atoms with E-state index in [-0.39, 0.29) is 12.2 Å². The fourth-order valence-corrected chi connectivity index (χ4v) is 1.32. The Morgan fingerprint density at radius 2 is 1.95 bits per heavy atom. The summed E-state index contributed by atoms with van der Waals surface area (Å²) in [6, 6.07) is 5.86. The Hall–Kier alpha value is -2.23. The Morgan fingerprint density at radius 1 is 1.37 bits per heavy atom. The van der Waals surface area contributed by atoms with E-state index >= 15 is 0 Å². The van der Waals surface area contributed by atoms with Gasteiger partial charge in [-0.25, -0.2) is 4.79 Å². The minimum absolute atomic E-state index is 0.118. The van der Waals surface area contributed by atoms with Crippen molar-refractivity contribution in [2.45, 2.75) is 6.92 Å². The number of hydrogen-bond acceptors (Lipinski definition) is 3. The average Bonchev–Trinajstić information content (AvgIpc) is 2.35. The Morgan fingerprint density at radius 3 is 2.37 bits per heavy atom. The molecule has 1 aromatic rings. The van der Waals surface area contributed by atoms with Crippen molar-refractivity contribution in [3.8, 4) is 6.07 Å². The molecule has 100 valence electrons. The highest BCUT2D eigenvalue weighted by atomic mass is 19.4. The minimum atomic E-state index is -5.05. The molecule has 0 heterocycles. The van der Waals surface area contributed by atoms with Crippen LogP contribution in [0.4, 0.5) is 12.9 Å². The second-order valence-corrected chi connectivity index (χ2v) is 3.63. The van der Waals surface area contributed by atoms with E-state index in [0.29, 0.717) is 5.56 Å². The van der Waals surface area contributed by atoms with Crippen LogP contribution in [0.2, 0.25) is 0 Å². The molecule has 0 aliphatic carbocycles. The van der Waals surface area contributed by atoms with Gasteiger partial charge in [0.1, 0.15) is 11.6 Å².